The van der Waals surface area contributed by atoms with Gasteiger partial charge in [-0.25, -0.2) is 9.67 Å². The summed E-state index contributed by atoms with van der Waals surface area (Å²) in [6.07, 6.45) is 6.05. The molecule has 8 aromatic rings. The van der Waals surface area contributed by atoms with E-state index in [9.17, 15) is 4.79 Å². The third-order valence-corrected chi connectivity index (χ3v) is 10.2. The second kappa shape index (κ2) is 12.5. The molecule has 1 aliphatic rings. The minimum atomic E-state index is -0.842. The van der Waals surface area contributed by atoms with Crippen molar-refractivity contribution in [1.29, 1.82) is 0 Å². The predicted octanol–water partition coefficient (Wildman–Crippen LogP) is 9.18. The fourth-order valence-electron chi connectivity index (χ4n) is 7.46. The number of nitrogens with one attached hydrogen (secondary N) is 2. The highest BCUT2D eigenvalue weighted by molar-refractivity contribution is 6.03. The van der Waals surface area contributed by atoms with E-state index in [1.165, 1.54) is 18.4 Å². The van der Waals surface area contributed by atoms with E-state index >= 15 is 0 Å². The quantitative estimate of drug-likeness (QED) is 0.151. The van der Waals surface area contributed by atoms with Crippen LogP contribution in [0.1, 0.15) is 70.2 Å². The topological polar surface area (TPSA) is 88.5 Å². The zero-order valence-corrected chi connectivity index (χ0v) is 28.2. The highest BCUT2D eigenvalue weighted by Crippen LogP contribution is 2.44. The summed E-state index contributed by atoms with van der Waals surface area (Å²) in [7, 11) is 0. The number of amides is 1. The number of benzene rings is 5. The molecule has 3 heterocycles. The average molecular weight is 665 g/mol. The van der Waals surface area contributed by atoms with Crippen molar-refractivity contribution >= 4 is 27.8 Å². The summed E-state index contributed by atoms with van der Waals surface area (Å²) in [6, 6.07) is 48.1. The molecule has 7 nitrogen and oxygen atoms in total. The molecule has 0 bridgehead atoms. The number of imidazole rings is 1. The summed E-state index contributed by atoms with van der Waals surface area (Å²) < 4.78 is 2.15. The van der Waals surface area contributed by atoms with Crippen LogP contribution in [0.15, 0.2) is 152 Å². The summed E-state index contributed by atoms with van der Waals surface area (Å²) in [5.74, 6) is 0.672. The molecule has 2 N–H and O–H groups in total. The molecule has 1 fully saturated rings. The van der Waals surface area contributed by atoms with Crippen molar-refractivity contribution in [2.24, 2.45) is 0 Å². The van der Waals surface area contributed by atoms with E-state index in [2.05, 4.69) is 123 Å². The number of hydrogen-bond acceptors (Lipinski definition) is 4. The van der Waals surface area contributed by atoms with Gasteiger partial charge in [0.05, 0.1) is 22.6 Å². The molecule has 1 amide bonds. The molecule has 9 rings (SSSR count). The number of aromatic amines is 1. The molecule has 0 radical (unpaired) electrons. The van der Waals surface area contributed by atoms with E-state index in [1.807, 2.05) is 43.3 Å². The predicted molar refractivity (Wildman–Crippen MR) is 202 cm³/mol. The third-order valence-electron chi connectivity index (χ3n) is 10.2. The number of pyridine rings is 1. The summed E-state index contributed by atoms with van der Waals surface area (Å²) in [5.41, 5.74) is 8.88. The fraction of sp³-hybridized carbons (Fsp3) is 0.136. The summed E-state index contributed by atoms with van der Waals surface area (Å²) >= 11 is 0. The zero-order chi connectivity index (χ0) is 34.4. The lowest BCUT2D eigenvalue weighted by Gasteiger charge is -2.37. The number of H-pyrrole nitrogens is 1. The second-order valence-corrected chi connectivity index (χ2v) is 13.4. The van der Waals surface area contributed by atoms with Gasteiger partial charge < -0.3 is 10.3 Å². The zero-order valence-electron chi connectivity index (χ0n) is 28.2. The van der Waals surface area contributed by atoms with Crippen molar-refractivity contribution in [2.75, 3.05) is 0 Å². The number of fused-ring (bicyclic) bond motifs is 2. The van der Waals surface area contributed by atoms with Gasteiger partial charge >= 0.3 is 0 Å². The first kappa shape index (κ1) is 30.7. The first-order chi connectivity index (χ1) is 25.1. The number of nitrogens with zero attached hydrogens (tertiary/aromatic N) is 4. The van der Waals surface area contributed by atoms with Crippen LogP contribution in [0.3, 0.4) is 0 Å². The Bertz CT molecular complexity index is 2390. The van der Waals surface area contributed by atoms with Gasteiger partial charge in [-0.1, -0.05) is 115 Å². The lowest BCUT2D eigenvalue weighted by molar-refractivity contribution is 0.0930. The Hall–Kier alpha value is -6.34. The largest absolute Gasteiger partial charge is 0.343 e. The summed E-state index contributed by atoms with van der Waals surface area (Å²) in [6.45, 7) is 2.02. The van der Waals surface area contributed by atoms with E-state index in [-0.39, 0.29) is 17.8 Å². The Morgan fingerprint density at radius 3 is 2.02 bits per heavy atom. The number of carbonyl (C=O) groups is 1. The minimum absolute atomic E-state index is 0.168. The Morgan fingerprint density at radius 1 is 0.784 bits per heavy atom. The monoisotopic (exact) mass is 664 g/mol. The number of carbonyl (C=O) groups excluding carboxylic acids is 1. The number of rotatable bonds is 9. The van der Waals surface area contributed by atoms with Crippen LogP contribution >= 0.6 is 0 Å². The van der Waals surface area contributed by atoms with Gasteiger partial charge in [0.2, 0.25) is 0 Å². The van der Waals surface area contributed by atoms with E-state index in [4.69, 9.17) is 10.1 Å². The van der Waals surface area contributed by atoms with Gasteiger partial charge in [0.15, 0.2) is 5.82 Å². The van der Waals surface area contributed by atoms with Gasteiger partial charge in [-0.2, -0.15) is 5.10 Å². The van der Waals surface area contributed by atoms with E-state index in [0.717, 1.165) is 49.9 Å². The molecule has 5 aromatic carbocycles. The molecular formula is C44H36N6O. The van der Waals surface area contributed by atoms with Crippen LogP contribution < -0.4 is 5.32 Å². The van der Waals surface area contributed by atoms with Crippen LogP contribution in [-0.4, -0.2) is 30.6 Å². The smallest absolute Gasteiger partial charge is 0.287 e. The van der Waals surface area contributed by atoms with Crippen molar-refractivity contribution in [2.45, 2.75) is 37.3 Å². The molecule has 248 valence electrons. The number of hydrogen-bond donors (Lipinski definition) is 2. The third kappa shape index (κ3) is 5.38. The van der Waals surface area contributed by atoms with Gasteiger partial charge in [-0.3, -0.25) is 9.78 Å². The van der Waals surface area contributed by atoms with Crippen molar-refractivity contribution in [1.82, 2.24) is 30.0 Å². The molecule has 1 saturated carbocycles. The van der Waals surface area contributed by atoms with Gasteiger partial charge in [0, 0.05) is 23.3 Å². The number of aromatic nitrogens is 5. The van der Waals surface area contributed by atoms with Crippen LogP contribution in [0.4, 0.5) is 0 Å². The second-order valence-electron chi connectivity index (χ2n) is 13.4. The van der Waals surface area contributed by atoms with Crippen LogP contribution in [-0.2, 0) is 5.54 Å². The molecule has 1 unspecified atom stereocenters. The molecular weight excluding hydrogens is 629 g/mol. The maximum Gasteiger partial charge on any atom is 0.287 e. The van der Waals surface area contributed by atoms with Crippen molar-refractivity contribution < 1.29 is 4.79 Å². The fourth-order valence-corrected chi connectivity index (χ4v) is 7.46. The maximum absolute atomic E-state index is 13.7. The first-order valence-corrected chi connectivity index (χ1v) is 17.5. The molecule has 7 heteroatoms. The van der Waals surface area contributed by atoms with E-state index < -0.39 is 5.54 Å². The van der Waals surface area contributed by atoms with Gasteiger partial charge in [-0.05, 0) is 77.8 Å². The summed E-state index contributed by atoms with van der Waals surface area (Å²) in [5, 5.41) is 9.58. The molecule has 3 aromatic heterocycles. The van der Waals surface area contributed by atoms with Crippen LogP contribution in [0.2, 0.25) is 0 Å². The SMILES string of the molecule is CC(NC(=O)c1nc2cc3c(-c4ccncc4)nn(C(c4ccccc4)(c4ccccc4)c4ccccc4)c3cc2[nH]1)c1cccc(C2CC2)c1. The molecule has 1 aliphatic carbocycles. The maximum atomic E-state index is 13.7. The minimum Gasteiger partial charge on any atom is -0.343 e. The van der Waals surface area contributed by atoms with Crippen LogP contribution in [0.5, 0.6) is 0 Å². The lowest BCUT2D eigenvalue weighted by atomic mass is 9.77. The van der Waals surface area contributed by atoms with Crippen molar-refractivity contribution in [3.8, 4) is 11.3 Å². The van der Waals surface area contributed by atoms with Gasteiger partial charge in [-0.15, -0.1) is 0 Å². The lowest BCUT2D eigenvalue weighted by Crippen LogP contribution is -2.38. The highest BCUT2D eigenvalue weighted by Gasteiger charge is 2.41. The van der Waals surface area contributed by atoms with Gasteiger partial charge in [0.1, 0.15) is 11.2 Å². The Balaban J connectivity index is 1.24. The highest BCUT2D eigenvalue weighted by atomic mass is 16.2. The normalized spacial score (nSPS) is 13.7. The Kier molecular flexibility index (Phi) is 7.54. The standard InChI is InChI=1S/C44H36N6O/c1-29(32-12-11-13-33(26-32)30-20-21-30)46-43(51)42-47-38-27-37-40(28-39(38)48-42)50(49-41(37)31-22-24-45-25-23-31)44(34-14-5-2-6-15-34,35-16-7-3-8-17-35)36-18-9-4-10-19-36/h2-19,22-30H,20-21H2,1H3,(H,46,51)(H,47,48). The van der Waals surface area contributed by atoms with E-state index in [0.29, 0.717) is 11.4 Å². The average Bonchev–Trinajstić information content (AvgIpc) is 3.87. The Labute approximate surface area is 296 Å². The van der Waals surface area contributed by atoms with Crippen molar-refractivity contribution in [3.63, 3.8) is 0 Å². The molecule has 1 atom stereocenters. The van der Waals surface area contributed by atoms with Gasteiger partial charge in [0.25, 0.3) is 5.91 Å². The van der Waals surface area contributed by atoms with Crippen LogP contribution in [0.25, 0.3) is 33.2 Å². The molecule has 51 heavy (non-hydrogen) atoms. The van der Waals surface area contributed by atoms with E-state index in [1.54, 1.807) is 12.4 Å². The molecule has 0 aliphatic heterocycles. The molecule has 0 spiro atoms. The van der Waals surface area contributed by atoms with Crippen molar-refractivity contribution in [3.05, 3.63) is 186 Å². The van der Waals surface area contributed by atoms with Crippen LogP contribution in [0, 0.1) is 0 Å². The molecule has 0 saturated heterocycles. The Morgan fingerprint density at radius 2 is 1.41 bits per heavy atom. The first-order valence-electron chi connectivity index (χ1n) is 17.5. The summed E-state index contributed by atoms with van der Waals surface area (Å²) in [4.78, 5) is 26.2.